The van der Waals surface area contributed by atoms with Crippen molar-refractivity contribution in [3.05, 3.63) is 60.4 Å². The molecule has 1 aliphatic rings. The van der Waals surface area contributed by atoms with Gasteiger partial charge in [-0.15, -0.1) is 0 Å². The molecule has 4 aromatic rings. The van der Waals surface area contributed by atoms with Crippen LogP contribution in [0.25, 0.3) is 16.8 Å². The smallest absolute Gasteiger partial charge is 0.165 e. The first-order valence-corrected chi connectivity index (χ1v) is 9.83. The molecule has 1 N–H and O–H groups in total. The third-order valence-electron chi connectivity index (χ3n) is 5.38. The van der Waals surface area contributed by atoms with Crippen molar-refractivity contribution in [3.63, 3.8) is 0 Å². The first-order chi connectivity index (χ1) is 14.7. The van der Waals surface area contributed by atoms with Crippen LogP contribution >= 0.6 is 0 Å². The highest BCUT2D eigenvalue weighted by molar-refractivity contribution is 5.77. The van der Waals surface area contributed by atoms with Crippen LogP contribution in [0.4, 0.5) is 14.6 Å². The molecular formula is C21H20F2N6O. The Bertz CT molecular complexity index is 1160. The van der Waals surface area contributed by atoms with Crippen LogP contribution in [0.2, 0.25) is 0 Å². The minimum Gasteiger partial charge on any atom is -0.490 e. The molecule has 1 fully saturated rings. The summed E-state index contributed by atoms with van der Waals surface area (Å²) < 4.78 is 34.0. The molecule has 154 valence electrons. The van der Waals surface area contributed by atoms with Gasteiger partial charge in [0.05, 0.1) is 18.4 Å². The third-order valence-corrected chi connectivity index (χ3v) is 5.38. The standard InChI is InChI=1S/C21H20F2N6O/c22-6-9-30-19-4-3-15(23)10-16(19)18-2-1-7-28(18)20-5-8-29-21(27-20)17(13-26-29)14-11-24-25-12-14/h3-5,8,10-13,18H,1-2,6-7,9H2,(H,24,25)/t18-/m1/s1. The third kappa shape index (κ3) is 3.26. The molecule has 0 saturated carbocycles. The Morgan fingerprint density at radius 2 is 2.17 bits per heavy atom. The first-order valence-electron chi connectivity index (χ1n) is 9.83. The van der Waals surface area contributed by atoms with E-state index in [0.29, 0.717) is 17.0 Å². The number of hydrogen-bond acceptors (Lipinski definition) is 5. The molecule has 0 spiro atoms. The van der Waals surface area contributed by atoms with E-state index in [1.54, 1.807) is 29.2 Å². The van der Waals surface area contributed by atoms with Gasteiger partial charge in [0.1, 0.15) is 30.7 Å². The van der Waals surface area contributed by atoms with E-state index in [9.17, 15) is 8.78 Å². The molecule has 1 aliphatic heterocycles. The summed E-state index contributed by atoms with van der Waals surface area (Å²) in [5, 5.41) is 11.2. The molecule has 0 amide bonds. The number of hydrogen-bond donors (Lipinski definition) is 1. The summed E-state index contributed by atoms with van der Waals surface area (Å²) >= 11 is 0. The van der Waals surface area contributed by atoms with Crippen LogP contribution in [0.1, 0.15) is 24.4 Å². The summed E-state index contributed by atoms with van der Waals surface area (Å²) in [6.07, 6.45) is 8.91. The Hall–Kier alpha value is -3.49. The normalized spacial score (nSPS) is 16.5. The molecule has 0 bridgehead atoms. The van der Waals surface area contributed by atoms with Gasteiger partial charge in [-0.1, -0.05) is 0 Å². The number of benzene rings is 1. The molecule has 3 aromatic heterocycles. The summed E-state index contributed by atoms with van der Waals surface area (Å²) in [6, 6.07) is 6.18. The summed E-state index contributed by atoms with van der Waals surface area (Å²) in [4.78, 5) is 7.00. The number of halogens is 2. The van der Waals surface area contributed by atoms with Gasteiger partial charge in [0.2, 0.25) is 0 Å². The Morgan fingerprint density at radius 1 is 1.23 bits per heavy atom. The van der Waals surface area contributed by atoms with E-state index < -0.39 is 6.67 Å². The number of ether oxygens (including phenoxy) is 1. The average Bonchev–Trinajstić information content (AvgIpc) is 3.52. The van der Waals surface area contributed by atoms with E-state index in [2.05, 4.69) is 20.2 Å². The molecule has 30 heavy (non-hydrogen) atoms. The summed E-state index contributed by atoms with van der Waals surface area (Å²) in [5.41, 5.74) is 3.21. The number of nitrogens with zero attached hydrogens (tertiary/aromatic N) is 5. The molecule has 9 heteroatoms. The van der Waals surface area contributed by atoms with Crippen molar-refractivity contribution in [1.82, 2.24) is 24.8 Å². The Labute approximate surface area is 171 Å². The summed E-state index contributed by atoms with van der Waals surface area (Å²) in [7, 11) is 0. The van der Waals surface area contributed by atoms with Crippen molar-refractivity contribution in [3.8, 4) is 16.9 Å². The van der Waals surface area contributed by atoms with Gasteiger partial charge in [-0.25, -0.2) is 18.3 Å². The van der Waals surface area contributed by atoms with Crippen molar-refractivity contribution in [2.45, 2.75) is 18.9 Å². The zero-order valence-corrected chi connectivity index (χ0v) is 16.1. The number of aromatic nitrogens is 5. The van der Waals surface area contributed by atoms with Gasteiger partial charge in [0, 0.05) is 35.6 Å². The minimum absolute atomic E-state index is 0.0561. The number of H-pyrrole nitrogens is 1. The molecular weight excluding hydrogens is 390 g/mol. The lowest BCUT2D eigenvalue weighted by molar-refractivity contribution is 0.269. The highest BCUT2D eigenvalue weighted by atomic mass is 19.1. The fourth-order valence-corrected chi connectivity index (χ4v) is 4.05. The van der Waals surface area contributed by atoms with Crippen LogP contribution in [0.3, 0.4) is 0 Å². The minimum atomic E-state index is -0.596. The molecule has 1 saturated heterocycles. The topological polar surface area (TPSA) is 71.3 Å². The number of alkyl halides is 1. The second-order valence-electron chi connectivity index (χ2n) is 7.17. The van der Waals surface area contributed by atoms with Crippen LogP contribution in [-0.2, 0) is 0 Å². The second-order valence-corrected chi connectivity index (χ2v) is 7.17. The van der Waals surface area contributed by atoms with E-state index in [-0.39, 0.29) is 18.5 Å². The van der Waals surface area contributed by atoms with Crippen molar-refractivity contribution < 1.29 is 13.5 Å². The van der Waals surface area contributed by atoms with Gasteiger partial charge in [-0.3, -0.25) is 5.10 Å². The fraction of sp³-hybridized carbons (Fsp3) is 0.286. The molecule has 0 aliphatic carbocycles. The van der Waals surface area contributed by atoms with Gasteiger partial charge < -0.3 is 9.64 Å². The van der Waals surface area contributed by atoms with E-state index in [1.807, 2.05) is 12.3 Å². The fourth-order valence-electron chi connectivity index (χ4n) is 4.05. The lowest BCUT2D eigenvalue weighted by Gasteiger charge is -2.27. The predicted octanol–water partition coefficient (Wildman–Crippen LogP) is 3.95. The van der Waals surface area contributed by atoms with Crippen molar-refractivity contribution >= 4 is 11.5 Å². The summed E-state index contributed by atoms with van der Waals surface area (Å²) in [6.45, 7) is 0.128. The van der Waals surface area contributed by atoms with Gasteiger partial charge in [0.15, 0.2) is 5.65 Å². The van der Waals surface area contributed by atoms with Gasteiger partial charge >= 0.3 is 0 Å². The van der Waals surface area contributed by atoms with Crippen molar-refractivity contribution in [2.24, 2.45) is 0 Å². The lowest BCUT2D eigenvalue weighted by atomic mass is 10.0. The largest absolute Gasteiger partial charge is 0.490 e. The number of rotatable bonds is 6. The van der Waals surface area contributed by atoms with Gasteiger partial charge in [-0.2, -0.15) is 10.2 Å². The van der Waals surface area contributed by atoms with E-state index in [0.717, 1.165) is 36.3 Å². The molecule has 1 aromatic carbocycles. The van der Waals surface area contributed by atoms with Crippen LogP contribution in [-0.4, -0.2) is 44.6 Å². The zero-order chi connectivity index (χ0) is 20.5. The lowest BCUT2D eigenvalue weighted by Crippen LogP contribution is -2.24. The SMILES string of the molecule is FCCOc1ccc(F)cc1[C@H]1CCCN1c1ccn2ncc(-c3cn[nH]c3)c2n1. The maximum Gasteiger partial charge on any atom is 0.165 e. The maximum absolute atomic E-state index is 14.0. The Kier molecular flexibility index (Phi) is 4.78. The van der Waals surface area contributed by atoms with Crippen LogP contribution in [0.5, 0.6) is 5.75 Å². The van der Waals surface area contributed by atoms with Crippen molar-refractivity contribution in [1.29, 1.82) is 0 Å². The highest BCUT2D eigenvalue weighted by Gasteiger charge is 2.30. The monoisotopic (exact) mass is 410 g/mol. The second kappa shape index (κ2) is 7.74. The van der Waals surface area contributed by atoms with E-state index >= 15 is 0 Å². The first kappa shape index (κ1) is 18.5. The summed E-state index contributed by atoms with van der Waals surface area (Å²) in [5.74, 6) is 0.942. The van der Waals surface area contributed by atoms with Crippen LogP contribution < -0.4 is 9.64 Å². The predicted molar refractivity (Wildman–Crippen MR) is 108 cm³/mol. The zero-order valence-electron chi connectivity index (χ0n) is 16.1. The highest BCUT2D eigenvalue weighted by Crippen LogP contribution is 2.40. The maximum atomic E-state index is 14.0. The number of nitrogens with one attached hydrogen (secondary N) is 1. The number of anilines is 1. The van der Waals surface area contributed by atoms with E-state index in [4.69, 9.17) is 9.72 Å². The molecule has 0 radical (unpaired) electrons. The van der Waals surface area contributed by atoms with Crippen LogP contribution in [0, 0.1) is 5.82 Å². The van der Waals surface area contributed by atoms with Gasteiger partial charge in [0.25, 0.3) is 0 Å². The van der Waals surface area contributed by atoms with Gasteiger partial charge in [-0.05, 0) is 37.1 Å². The van der Waals surface area contributed by atoms with Crippen molar-refractivity contribution in [2.75, 3.05) is 24.7 Å². The molecule has 5 rings (SSSR count). The molecule has 7 nitrogen and oxygen atoms in total. The Morgan fingerprint density at radius 3 is 3.00 bits per heavy atom. The number of fused-ring (bicyclic) bond motifs is 1. The van der Waals surface area contributed by atoms with E-state index in [1.165, 1.54) is 12.1 Å². The molecule has 4 heterocycles. The molecule has 1 atom stereocenters. The van der Waals surface area contributed by atoms with Crippen LogP contribution in [0.15, 0.2) is 49.1 Å². The number of aromatic amines is 1. The quantitative estimate of drug-likeness (QED) is 0.521. The Balaban J connectivity index is 1.54. The average molecular weight is 410 g/mol. The molecule has 0 unspecified atom stereocenters.